The van der Waals surface area contributed by atoms with Crippen LogP contribution in [0.5, 0.6) is 0 Å². The highest BCUT2D eigenvalue weighted by Crippen LogP contribution is 2.54. The first-order valence-electron chi connectivity index (χ1n) is 7.11. The van der Waals surface area contributed by atoms with Crippen molar-refractivity contribution in [2.45, 2.75) is 75.5 Å². The predicted molar refractivity (Wildman–Crippen MR) is 81.9 cm³/mol. The van der Waals surface area contributed by atoms with Gasteiger partial charge in [-0.05, 0) is 37.0 Å². The van der Waals surface area contributed by atoms with Gasteiger partial charge in [-0.15, -0.1) is 17.0 Å². The average molecular weight is 321 g/mol. The van der Waals surface area contributed by atoms with Crippen LogP contribution in [-0.2, 0) is 4.79 Å². The van der Waals surface area contributed by atoms with E-state index in [4.69, 9.17) is 0 Å². The van der Waals surface area contributed by atoms with E-state index in [1.165, 1.54) is 70.5 Å². The first kappa shape index (κ1) is 15.6. The molecule has 0 heterocycles. The van der Waals surface area contributed by atoms with Gasteiger partial charge in [-0.2, -0.15) is 0 Å². The van der Waals surface area contributed by atoms with E-state index in [-0.39, 0.29) is 24.9 Å². The number of halogens is 1. The van der Waals surface area contributed by atoms with Crippen molar-refractivity contribution in [3.05, 3.63) is 0 Å². The van der Waals surface area contributed by atoms with Gasteiger partial charge in [0.15, 0.2) is 0 Å². The Balaban J connectivity index is 0.00000144. The smallest absolute Gasteiger partial charge is 0.124 e. The highest BCUT2D eigenvalue weighted by atomic mass is 79.9. The molecule has 2 aliphatic carbocycles. The van der Waals surface area contributed by atoms with Gasteiger partial charge in [0.05, 0.1) is 0 Å². The van der Waals surface area contributed by atoms with Crippen molar-refractivity contribution in [2.24, 2.45) is 0 Å². The van der Waals surface area contributed by atoms with E-state index in [2.05, 4.69) is 0 Å². The summed E-state index contributed by atoms with van der Waals surface area (Å²) in [6.45, 7) is 0. The highest BCUT2D eigenvalue weighted by molar-refractivity contribution is 8.93. The summed E-state index contributed by atoms with van der Waals surface area (Å²) < 4.78 is 0. The molecular formula is C14H26BrOP. The van der Waals surface area contributed by atoms with Crippen LogP contribution in [0.1, 0.15) is 64.2 Å². The molecule has 3 heteroatoms. The van der Waals surface area contributed by atoms with Crippen molar-refractivity contribution >= 4 is 31.2 Å². The zero-order chi connectivity index (χ0) is 11.2. The number of carbonyl (C=O) groups excluding carboxylic acids is 1. The van der Waals surface area contributed by atoms with Crippen LogP contribution in [0.15, 0.2) is 0 Å². The molecule has 17 heavy (non-hydrogen) atoms. The third kappa shape index (κ3) is 4.63. The zero-order valence-corrected chi connectivity index (χ0v) is 13.4. The number of rotatable bonds is 4. The summed E-state index contributed by atoms with van der Waals surface area (Å²) in [5.74, 6) is 0. The van der Waals surface area contributed by atoms with Crippen molar-refractivity contribution in [3.63, 3.8) is 0 Å². The molecule has 0 aliphatic heterocycles. The summed E-state index contributed by atoms with van der Waals surface area (Å²) in [4.78, 5) is 10.9. The van der Waals surface area contributed by atoms with Crippen LogP contribution in [0.2, 0.25) is 0 Å². The molecule has 0 aromatic heterocycles. The van der Waals surface area contributed by atoms with Crippen LogP contribution in [0.3, 0.4) is 0 Å². The van der Waals surface area contributed by atoms with Crippen LogP contribution >= 0.6 is 24.9 Å². The quantitative estimate of drug-likeness (QED) is 0.531. The molecule has 2 rings (SSSR count). The molecule has 0 radical (unpaired) electrons. The molecule has 2 saturated carbocycles. The number of hydrogen-bond donors (Lipinski definition) is 0. The standard InChI is InChI=1S/C14H25OP.BrH/c15-11-12-16(13-7-3-1-4-8-13)14-9-5-2-6-10-14;/h11,13-14H,1-10,12H2;1H. The van der Waals surface area contributed by atoms with Crippen molar-refractivity contribution in [1.82, 2.24) is 0 Å². The van der Waals surface area contributed by atoms with Crippen LogP contribution < -0.4 is 0 Å². The number of hydrogen-bond acceptors (Lipinski definition) is 1. The lowest BCUT2D eigenvalue weighted by molar-refractivity contribution is -0.105. The van der Waals surface area contributed by atoms with Crippen molar-refractivity contribution in [3.8, 4) is 0 Å². The summed E-state index contributed by atoms with van der Waals surface area (Å²) in [6.07, 6.45) is 16.4. The number of carbonyl (C=O) groups is 1. The Hall–Kier alpha value is 0.580. The first-order chi connectivity index (χ1) is 7.92. The average Bonchev–Trinajstić information content (AvgIpc) is 2.38. The molecule has 0 bridgehead atoms. The Bertz CT molecular complexity index is 192. The van der Waals surface area contributed by atoms with Gasteiger partial charge in [0, 0.05) is 6.16 Å². The molecule has 0 aromatic carbocycles. The Morgan fingerprint density at radius 3 is 1.59 bits per heavy atom. The normalized spacial score (nSPS) is 23.4. The topological polar surface area (TPSA) is 17.1 Å². The van der Waals surface area contributed by atoms with Crippen LogP contribution in [0.4, 0.5) is 0 Å². The van der Waals surface area contributed by atoms with Gasteiger partial charge < -0.3 is 4.79 Å². The highest BCUT2D eigenvalue weighted by Gasteiger charge is 2.30. The Labute approximate surface area is 118 Å². The second-order valence-corrected chi connectivity index (χ2v) is 8.30. The third-order valence-electron chi connectivity index (χ3n) is 4.37. The molecule has 0 spiro atoms. The van der Waals surface area contributed by atoms with Crippen LogP contribution in [-0.4, -0.2) is 23.8 Å². The molecule has 0 amide bonds. The minimum atomic E-state index is 0. The first-order valence-corrected chi connectivity index (χ1v) is 8.77. The van der Waals surface area contributed by atoms with Crippen LogP contribution in [0.25, 0.3) is 0 Å². The maximum atomic E-state index is 10.9. The minimum absolute atomic E-state index is 0. The monoisotopic (exact) mass is 320 g/mol. The molecule has 2 fully saturated rings. The SMILES string of the molecule is Br.O=CCP(C1CCCCC1)C1CCCCC1. The van der Waals surface area contributed by atoms with Gasteiger partial charge in [-0.3, -0.25) is 0 Å². The molecule has 0 N–H and O–H groups in total. The largest absolute Gasteiger partial charge is 0.303 e. The number of aldehydes is 1. The van der Waals surface area contributed by atoms with Gasteiger partial charge >= 0.3 is 0 Å². The van der Waals surface area contributed by atoms with Gasteiger partial charge in [0.2, 0.25) is 0 Å². The summed E-state index contributed by atoms with van der Waals surface area (Å²) in [7, 11) is 0.0349. The van der Waals surface area contributed by atoms with Crippen LogP contribution in [0, 0.1) is 0 Å². The second-order valence-electron chi connectivity index (χ2n) is 5.45. The van der Waals surface area contributed by atoms with Crippen molar-refractivity contribution in [2.75, 3.05) is 6.16 Å². The molecule has 0 aromatic rings. The molecule has 1 nitrogen and oxygen atoms in total. The summed E-state index contributed by atoms with van der Waals surface area (Å²) in [5, 5.41) is 0. The van der Waals surface area contributed by atoms with E-state index in [1.807, 2.05) is 0 Å². The maximum Gasteiger partial charge on any atom is 0.124 e. The van der Waals surface area contributed by atoms with Gasteiger partial charge in [0.25, 0.3) is 0 Å². The lowest BCUT2D eigenvalue weighted by Gasteiger charge is -2.37. The Morgan fingerprint density at radius 1 is 0.824 bits per heavy atom. The third-order valence-corrected chi connectivity index (χ3v) is 7.85. The lowest BCUT2D eigenvalue weighted by atomic mass is 9.99. The fraction of sp³-hybridized carbons (Fsp3) is 0.929. The fourth-order valence-corrected chi connectivity index (χ4v) is 6.93. The van der Waals surface area contributed by atoms with Gasteiger partial charge in [-0.1, -0.05) is 46.4 Å². The van der Waals surface area contributed by atoms with E-state index >= 15 is 0 Å². The Morgan fingerprint density at radius 2 is 1.24 bits per heavy atom. The molecular weight excluding hydrogens is 295 g/mol. The van der Waals surface area contributed by atoms with E-state index in [0.717, 1.165) is 17.5 Å². The fourth-order valence-electron chi connectivity index (χ4n) is 3.51. The molecule has 2 aliphatic rings. The second kappa shape index (κ2) is 8.64. The van der Waals surface area contributed by atoms with E-state index < -0.39 is 0 Å². The van der Waals surface area contributed by atoms with E-state index in [0.29, 0.717) is 0 Å². The zero-order valence-electron chi connectivity index (χ0n) is 10.8. The summed E-state index contributed by atoms with van der Waals surface area (Å²) in [6, 6.07) is 0. The van der Waals surface area contributed by atoms with E-state index in [9.17, 15) is 4.79 Å². The Kier molecular flexibility index (Phi) is 7.95. The molecule has 0 atom stereocenters. The van der Waals surface area contributed by atoms with Crippen molar-refractivity contribution < 1.29 is 4.79 Å². The molecule has 0 unspecified atom stereocenters. The van der Waals surface area contributed by atoms with Crippen molar-refractivity contribution in [1.29, 1.82) is 0 Å². The van der Waals surface area contributed by atoms with Gasteiger partial charge in [0.1, 0.15) is 6.29 Å². The minimum Gasteiger partial charge on any atom is -0.303 e. The molecule has 0 saturated heterocycles. The lowest BCUT2D eigenvalue weighted by Crippen LogP contribution is -2.22. The van der Waals surface area contributed by atoms with Gasteiger partial charge in [-0.25, -0.2) is 0 Å². The molecule has 100 valence electrons. The summed E-state index contributed by atoms with van der Waals surface area (Å²) >= 11 is 0. The maximum absolute atomic E-state index is 10.9. The summed E-state index contributed by atoms with van der Waals surface area (Å²) in [5.41, 5.74) is 1.88. The predicted octanol–water partition coefficient (Wildman–Crippen LogP) is 4.91. The van der Waals surface area contributed by atoms with E-state index in [1.54, 1.807) is 0 Å².